The second kappa shape index (κ2) is 6.22. The highest BCUT2D eigenvalue weighted by atomic mass is 35.5. The van der Waals surface area contributed by atoms with Crippen LogP contribution in [0.2, 0.25) is 5.02 Å². The number of aliphatic hydroxyl groups is 1. The third-order valence-electron chi connectivity index (χ3n) is 3.38. The van der Waals surface area contributed by atoms with Gasteiger partial charge in [0.15, 0.2) is 0 Å². The molecule has 112 valence electrons. The summed E-state index contributed by atoms with van der Waals surface area (Å²) < 4.78 is 6.98. The van der Waals surface area contributed by atoms with Crippen molar-refractivity contribution in [1.29, 1.82) is 0 Å². The maximum Gasteiger partial charge on any atom is 0.118 e. The molecule has 4 nitrogen and oxygen atoms in total. The molecule has 0 aliphatic heterocycles. The summed E-state index contributed by atoms with van der Waals surface area (Å²) in [5.74, 6) is 0.795. The standard InChI is InChI=1S/C17H15ClN2O2/c1-22-16-8-2-12(3-9-16)17-10-14(11-21)19-20(17)15-6-4-13(18)5-7-15/h2-10,21H,11H2,1H3. The molecule has 0 spiro atoms. The molecule has 0 bridgehead atoms. The number of aliphatic hydroxyl groups excluding tert-OH is 1. The summed E-state index contributed by atoms with van der Waals surface area (Å²) in [5, 5.41) is 14.5. The van der Waals surface area contributed by atoms with Crippen LogP contribution in [-0.2, 0) is 6.61 Å². The van der Waals surface area contributed by atoms with E-state index in [0.29, 0.717) is 10.7 Å². The van der Waals surface area contributed by atoms with E-state index in [1.54, 1.807) is 11.8 Å². The van der Waals surface area contributed by atoms with E-state index in [2.05, 4.69) is 5.10 Å². The monoisotopic (exact) mass is 314 g/mol. The Morgan fingerprint density at radius 3 is 2.36 bits per heavy atom. The number of halogens is 1. The second-order valence-electron chi connectivity index (χ2n) is 4.80. The Labute approximate surface area is 133 Å². The Hall–Kier alpha value is -2.30. The molecule has 1 heterocycles. The van der Waals surface area contributed by atoms with Crippen molar-refractivity contribution < 1.29 is 9.84 Å². The summed E-state index contributed by atoms with van der Waals surface area (Å²) in [6.45, 7) is -0.107. The normalized spacial score (nSPS) is 10.7. The van der Waals surface area contributed by atoms with Crippen molar-refractivity contribution in [2.24, 2.45) is 0 Å². The van der Waals surface area contributed by atoms with Crippen molar-refractivity contribution in [1.82, 2.24) is 9.78 Å². The number of nitrogens with zero attached hydrogens (tertiary/aromatic N) is 2. The molecule has 1 aromatic heterocycles. The zero-order valence-electron chi connectivity index (χ0n) is 12.0. The minimum atomic E-state index is -0.107. The van der Waals surface area contributed by atoms with Crippen molar-refractivity contribution in [3.63, 3.8) is 0 Å². The van der Waals surface area contributed by atoms with Gasteiger partial charge >= 0.3 is 0 Å². The second-order valence-corrected chi connectivity index (χ2v) is 5.23. The number of aromatic nitrogens is 2. The summed E-state index contributed by atoms with van der Waals surface area (Å²) in [4.78, 5) is 0. The van der Waals surface area contributed by atoms with Crippen LogP contribution in [-0.4, -0.2) is 22.0 Å². The highest BCUT2D eigenvalue weighted by Crippen LogP contribution is 2.26. The summed E-state index contributed by atoms with van der Waals surface area (Å²) >= 11 is 5.94. The Bertz CT molecular complexity index is 764. The number of hydrogen-bond acceptors (Lipinski definition) is 3. The highest BCUT2D eigenvalue weighted by Gasteiger charge is 2.11. The zero-order valence-corrected chi connectivity index (χ0v) is 12.8. The molecule has 0 aliphatic rings. The van der Waals surface area contributed by atoms with Crippen LogP contribution in [0.15, 0.2) is 54.6 Å². The van der Waals surface area contributed by atoms with Crippen LogP contribution in [0.5, 0.6) is 5.75 Å². The molecule has 0 amide bonds. The maximum absolute atomic E-state index is 9.38. The van der Waals surface area contributed by atoms with Gasteiger partial charge in [-0.15, -0.1) is 0 Å². The molecule has 22 heavy (non-hydrogen) atoms. The lowest BCUT2D eigenvalue weighted by molar-refractivity contribution is 0.276. The lowest BCUT2D eigenvalue weighted by Crippen LogP contribution is -1.99. The van der Waals surface area contributed by atoms with Crippen molar-refractivity contribution in [2.45, 2.75) is 6.61 Å². The van der Waals surface area contributed by atoms with Crippen LogP contribution in [0, 0.1) is 0 Å². The molecule has 5 heteroatoms. The third kappa shape index (κ3) is 2.84. The molecular weight excluding hydrogens is 300 g/mol. The minimum absolute atomic E-state index is 0.107. The molecule has 1 N–H and O–H groups in total. The molecule has 3 aromatic rings. The Balaban J connectivity index is 2.09. The van der Waals surface area contributed by atoms with Gasteiger partial charge in [-0.25, -0.2) is 4.68 Å². The van der Waals surface area contributed by atoms with Crippen molar-refractivity contribution in [3.8, 4) is 22.7 Å². The first-order chi connectivity index (χ1) is 10.7. The van der Waals surface area contributed by atoms with Crippen LogP contribution in [0.1, 0.15) is 5.69 Å². The summed E-state index contributed by atoms with van der Waals surface area (Å²) in [7, 11) is 1.64. The van der Waals surface area contributed by atoms with Crippen molar-refractivity contribution >= 4 is 11.6 Å². The molecule has 0 unspecified atom stereocenters. The fraction of sp³-hybridized carbons (Fsp3) is 0.118. The molecule has 0 fully saturated rings. The minimum Gasteiger partial charge on any atom is -0.497 e. The fourth-order valence-corrected chi connectivity index (χ4v) is 2.38. The molecule has 0 radical (unpaired) electrons. The van der Waals surface area contributed by atoms with E-state index in [9.17, 15) is 5.11 Å². The van der Waals surface area contributed by atoms with E-state index in [1.165, 1.54) is 0 Å². The van der Waals surface area contributed by atoms with Gasteiger partial charge in [0.05, 0.1) is 30.8 Å². The quantitative estimate of drug-likeness (QED) is 0.799. The van der Waals surface area contributed by atoms with Crippen LogP contribution < -0.4 is 4.74 Å². The van der Waals surface area contributed by atoms with E-state index < -0.39 is 0 Å². The van der Waals surface area contributed by atoms with Crippen molar-refractivity contribution in [3.05, 3.63) is 65.3 Å². The predicted octanol–water partition coefficient (Wildman–Crippen LogP) is 3.69. The first-order valence-electron chi connectivity index (χ1n) is 6.81. The maximum atomic E-state index is 9.38. The molecule has 0 saturated carbocycles. The van der Waals surface area contributed by atoms with E-state index in [1.807, 2.05) is 54.6 Å². The van der Waals surface area contributed by atoms with Crippen LogP contribution in [0.3, 0.4) is 0 Å². The van der Waals surface area contributed by atoms with Crippen molar-refractivity contribution in [2.75, 3.05) is 7.11 Å². The summed E-state index contributed by atoms with van der Waals surface area (Å²) in [5.41, 5.74) is 3.38. The number of benzene rings is 2. The number of ether oxygens (including phenoxy) is 1. The van der Waals surface area contributed by atoms with Gasteiger partial charge in [0.25, 0.3) is 0 Å². The van der Waals surface area contributed by atoms with E-state index in [0.717, 1.165) is 22.7 Å². The van der Waals surface area contributed by atoms with Crippen LogP contribution in [0.25, 0.3) is 16.9 Å². The fourth-order valence-electron chi connectivity index (χ4n) is 2.25. The Morgan fingerprint density at radius 1 is 1.09 bits per heavy atom. The summed E-state index contributed by atoms with van der Waals surface area (Å²) in [6.07, 6.45) is 0. The van der Waals surface area contributed by atoms with Gasteiger partial charge in [0.1, 0.15) is 5.75 Å². The first-order valence-corrected chi connectivity index (χ1v) is 7.19. The number of rotatable bonds is 4. The van der Waals surface area contributed by atoms with E-state index in [-0.39, 0.29) is 6.61 Å². The van der Waals surface area contributed by atoms with E-state index in [4.69, 9.17) is 16.3 Å². The predicted molar refractivity (Wildman–Crippen MR) is 86.5 cm³/mol. The summed E-state index contributed by atoms with van der Waals surface area (Å²) in [6, 6.07) is 17.0. The topological polar surface area (TPSA) is 47.3 Å². The Morgan fingerprint density at radius 2 is 1.77 bits per heavy atom. The molecule has 0 aliphatic carbocycles. The molecule has 3 rings (SSSR count). The van der Waals surface area contributed by atoms with Gasteiger partial charge in [0, 0.05) is 10.6 Å². The Kier molecular flexibility index (Phi) is 4.13. The van der Waals surface area contributed by atoms with E-state index >= 15 is 0 Å². The zero-order chi connectivity index (χ0) is 15.5. The van der Waals surface area contributed by atoms with Gasteiger partial charge in [-0.3, -0.25) is 0 Å². The van der Waals surface area contributed by atoms with Gasteiger partial charge in [-0.1, -0.05) is 11.6 Å². The van der Waals surface area contributed by atoms with Gasteiger partial charge < -0.3 is 9.84 Å². The first kappa shape index (κ1) is 14.6. The average molecular weight is 315 g/mol. The molecule has 0 saturated heterocycles. The average Bonchev–Trinajstić information content (AvgIpc) is 3.00. The van der Waals surface area contributed by atoms with Gasteiger partial charge in [-0.2, -0.15) is 5.10 Å². The largest absolute Gasteiger partial charge is 0.497 e. The third-order valence-corrected chi connectivity index (χ3v) is 3.63. The van der Waals surface area contributed by atoms with Gasteiger partial charge in [0.2, 0.25) is 0 Å². The number of hydrogen-bond donors (Lipinski definition) is 1. The van der Waals surface area contributed by atoms with Gasteiger partial charge in [-0.05, 0) is 54.6 Å². The van der Waals surface area contributed by atoms with Crippen LogP contribution >= 0.6 is 11.6 Å². The lowest BCUT2D eigenvalue weighted by atomic mass is 10.1. The van der Waals surface area contributed by atoms with Crippen LogP contribution in [0.4, 0.5) is 0 Å². The highest BCUT2D eigenvalue weighted by molar-refractivity contribution is 6.30. The smallest absolute Gasteiger partial charge is 0.118 e. The molecule has 0 atom stereocenters. The molecule has 2 aromatic carbocycles. The SMILES string of the molecule is COc1ccc(-c2cc(CO)nn2-c2ccc(Cl)cc2)cc1. The number of methoxy groups -OCH3 is 1. The lowest BCUT2D eigenvalue weighted by Gasteiger charge is -2.08. The molecular formula is C17H15ClN2O2.